The Morgan fingerprint density at radius 2 is 0.464 bits per heavy atom. The first-order chi connectivity index (χ1) is 46.7. The lowest BCUT2D eigenvalue weighted by Gasteiger charge is -2.35. The van der Waals surface area contributed by atoms with Crippen LogP contribution in [0.5, 0.6) is 0 Å². The molecule has 0 aliphatic heterocycles. The molecule has 0 bridgehead atoms. The summed E-state index contributed by atoms with van der Waals surface area (Å²) in [6.07, 6.45) is 14.0. The summed E-state index contributed by atoms with van der Waals surface area (Å²) in [6, 6.07) is 84.1. The molecule has 1 nitrogen and oxygen atoms in total. The molecular weight excluding hydrogens is 1170 g/mol. The maximum Gasteiger partial charge on any atom is 0.0465 e. The lowest BCUT2D eigenvalue weighted by Crippen LogP contribution is -2.27. The zero-order valence-electron chi connectivity index (χ0n) is 61.1. The summed E-state index contributed by atoms with van der Waals surface area (Å²) in [5.74, 6) is 3.66. The third-order valence-electron chi connectivity index (χ3n) is 23.8. The molecular formula is C96H107N. The molecule has 0 N–H and O–H groups in total. The second kappa shape index (κ2) is 26.3. The molecule has 10 aromatic carbocycles. The first-order valence-corrected chi connectivity index (χ1v) is 37.7. The second-order valence-electron chi connectivity index (χ2n) is 33.3. The number of anilines is 3. The molecule has 0 radical (unpaired) electrons. The van der Waals surface area contributed by atoms with Crippen molar-refractivity contribution in [1.29, 1.82) is 0 Å². The lowest BCUT2D eigenvalue weighted by atomic mass is 9.68. The summed E-state index contributed by atoms with van der Waals surface area (Å²) < 4.78 is 0. The summed E-state index contributed by atoms with van der Waals surface area (Å²) in [5, 5.41) is 0. The SMILES string of the molecule is CC(C)CCC1(CCC(C)C)c2ccccc2-c2ccc(-c3ccc4c(c3)C(C)(C)c3cc(-c5ccc6c(c5)C(CCC(C)C)(CCC(C)C)c5cc(-c7ccc8c(c7)C(CCC(C)C)(CCC(C)C)c7cc(N(c9ccccc9)c9ccccc9)ccc7-8)ccc5-6)ccc3-4)cc21. The Balaban J connectivity index is 0.829. The molecule has 0 saturated carbocycles. The number of nitrogens with zero attached hydrogens (tertiary/aromatic N) is 1. The van der Waals surface area contributed by atoms with Crippen molar-refractivity contribution in [2.45, 2.75) is 196 Å². The van der Waals surface area contributed by atoms with E-state index in [0.717, 1.165) is 25.7 Å². The van der Waals surface area contributed by atoms with Gasteiger partial charge in [0.15, 0.2) is 0 Å². The van der Waals surface area contributed by atoms with Gasteiger partial charge in [-0.1, -0.05) is 236 Å². The summed E-state index contributed by atoms with van der Waals surface area (Å²) >= 11 is 0. The Hall–Kier alpha value is -8.00. The van der Waals surface area contributed by atoms with Gasteiger partial charge in [0.2, 0.25) is 0 Å². The summed E-state index contributed by atoms with van der Waals surface area (Å²) in [6.45, 7) is 34.0. The average molecular weight is 1270 g/mol. The Morgan fingerprint density at radius 3 is 0.773 bits per heavy atom. The van der Waals surface area contributed by atoms with Crippen molar-refractivity contribution in [3.05, 3.63) is 257 Å². The highest BCUT2D eigenvalue weighted by Crippen LogP contribution is 2.61. The largest absolute Gasteiger partial charge is 0.310 e. The van der Waals surface area contributed by atoms with Gasteiger partial charge in [0, 0.05) is 38.7 Å². The molecule has 0 atom stereocenters. The molecule has 1 heteroatoms. The highest BCUT2D eigenvalue weighted by Gasteiger charge is 2.47. The monoisotopic (exact) mass is 1270 g/mol. The molecule has 10 aromatic rings. The number of rotatable bonds is 24. The van der Waals surface area contributed by atoms with Crippen molar-refractivity contribution >= 4 is 17.1 Å². The first-order valence-electron chi connectivity index (χ1n) is 37.7. The number of hydrogen-bond acceptors (Lipinski definition) is 1. The Labute approximate surface area is 584 Å². The fraction of sp³-hybridized carbons (Fsp3) is 0.375. The Kier molecular flexibility index (Phi) is 18.0. The highest BCUT2D eigenvalue weighted by atomic mass is 15.1. The molecule has 0 fully saturated rings. The summed E-state index contributed by atoms with van der Waals surface area (Å²) in [5.41, 5.74) is 34.5. The second-order valence-corrected chi connectivity index (χ2v) is 33.3. The summed E-state index contributed by atoms with van der Waals surface area (Å²) in [7, 11) is 0. The van der Waals surface area contributed by atoms with Gasteiger partial charge in [-0.25, -0.2) is 0 Å². The van der Waals surface area contributed by atoms with Gasteiger partial charge < -0.3 is 4.90 Å². The predicted octanol–water partition coefficient (Wildman–Crippen LogP) is 27.9. The van der Waals surface area contributed by atoms with Crippen molar-refractivity contribution in [3.63, 3.8) is 0 Å². The summed E-state index contributed by atoms with van der Waals surface area (Å²) in [4.78, 5) is 2.46. The van der Waals surface area contributed by atoms with E-state index in [1.54, 1.807) is 11.1 Å². The van der Waals surface area contributed by atoms with E-state index in [4.69, 9.17) is 0 Å². The molecule has 0 heterocycles. The van der Waals surface area contributed by atoms with Crippen LogP contribution in [0.2, 0.25) is 0 Å². The van der Waals surface area contributed by atoms with Crippen LogP contribution in [0.4, 0.5) is 17.1 Å². The van der Waals surface area contributed by atoms with E-state index < -0.39 is 0 Å². The molecule has 0 aromatic heterocycles. The standard InChI is InChI=1S/C96H107N/c1-62(2)43-49-94(50-44-63(3)4)85-28-22-21-27-77(85)80-38-31-70(57-88(80)94)68-29-36-78-79-37-30-69(56-87(79)93(13,14)86(78)55-68)71-32-39-81-82-40-33-72(59-90(82)95(89(81)58-71,51-45-64(5)6)52-46-65(7)8)73-34-41-83-84-42-35-76(97(74-23-17-15-18-24-74)75-25-19-16-20-26-75)61-92(84)96(91(83)60-73,53-47-66(9)10)54-48-67(11)12/h15-42,55-67H,43-54H2,1-14H3. The molecule has 0 amide bonds. The van der Waals surface area contributed by atoms with E-state index in [1.165, 1.54) is 180 Å². The van der Waals surface area contributed by atoms with Crippen LogP contribution in [0.3, 0.4) is 0 Å². The topological polar surface area (TPSA) is 3.24 Å². The van der Waals surface area contributed by atoms with Crippen molar-refractivity contribution in [3.8, 4) is 77.9 Å². The van der Waals surface area contributed by atoms with Gasteiger partial charge in [-0.15, -0.1) is 0 Å². The number of hydrogen-bond donors (Lipinski definition) is 0. The van der Waals surface area contributed by atoms with Crippen molar-refractivity contribution < 1.29 is 0 Å². The molecule has 0 saturated heterocycles. The minimum Gasteiger partial charge on any atom is -0.310 e. The van der Waals surface area contributed by atoms with E-state index in [1.807, 2.05) is 0 Å². The van der Waals surface area contributed by atoms with Crippen LogP contribution in [0, 0.1) is 35.5 Å². The molecule has 0 unspecified atom stereocenters. The van der Waals surface area contributed by atoms with Crippen LogP contribution in [0.25, 0.3) is 77.9 Å². The third kappa shape index (κ3) is 11.9. The van der Waals surface area contributed by atoms with Gasteiger partial charge in [-0.2, -0.15) is 0 Å². The zero-order valence-corrected chi connectivity index (χ0v) is 61.1. The van der Waals surface area contributed by atoms with Gasteiger partial charge >= 0.3 is 0 Å². The van der Waals surface area contributed by atoms with Gasteiger partial charge in [-0.3, -0.25) is 0 Å². The van der Waals surface area contributed by atoms with E-state index in [0.29, 0.717) is 35.5 Å². The number of para-hydroxylation sites is 2. The van der Waals surface area contributed by atoms with Crippen LogP contribution >= 0.6 is 0 Å². The van der Waals surface area contributed by atoms with E-state index in [9.17, 15) is 0 Å². The van der Waals surface area contributed by atoms with E-state index >= 15 is 0 Å². The first kappa shape index (κ1) is 66.2. The minimum atomic E-state index is -0.179. The van der Waals surface area contributed by atoms with E-state index in [2.05, 4.69) is 314 Å². The van der Waals surface area contributed by atoms with Crippen LogP contribution < -0.4 is 4.90 Å². The number of fused-ring (bicyclic) bond motifs is 12. The van der Waals surface area contributed by atoms with Crippen molar-refractivity contribution in [1.82, 2.24) is 0 Å². The zero-order chi connectivity index (χ0) is 67.7. The van der Waals surface area contributed by atoms with Crippen LogP contribution in [-0.2, 0) is 21.7 Å². The van der Waals surface area contributed by atoms with Gasteiger partial charge in [0.1, 0.15) is 0 Å². The smallest absolute Gasteiger partial charge is 0.0465 e. The van der Waals surface area contributed by atoms with Crippen molar-refractivity contribution in [2.75, 3.05) is 4.90 Å². The lowest BCUT2D eigenvalue weighted by molar-refractivity contribution is 0.364. The highest BCUT2D eigenvalue weighted by molar-refractivity contribution is 5.92. The van der Waals surface area contributed by atoms with Gasteiger partial charge in [0.25, 0.3) is 0 Å². The van der Waals surface area contributed by atoms with E-state index in [-0.39, 0.29) is 21.7 Å². The fourth-order valence-electron chi connectivity index (χ4n) is 18.2. The van der Waals surface area contributed by atoms with Crippen molar-refractivity contribution in [2.24, 2.45) is 35.5 Å². The Morgan fingerprint density at radius 1 is 0.227 bits per heavy atom. The molecule has 97 heavy (non-hydrogen) atoms. The van der Waals surface area contributed by atoms with Crippen LogP contribution in [-0.4, -0.2) is 0 Å². The Bertz CT molecular complexity index is 4450. The maximum atomic E-state index is 2.68. The molecule has 0 spiro atoms. The van der Waals surface area contributed by atoms with Crippen LogP contribution in [0.15, 0.2) is 212 Å². The normalized spacial score (nSPS) is 15.3. The quantitative estimate of drug-likeness (QED) is 0.0583. The molecule has 4 aliphatic carbocycles. The molecule has 4 aliphatic rings. The van der Waals surface area contributed by atoms with Crippen LogP contribution in [0.1, 0.15) is 218 Å². The number of benzene rings is 10. The fourth-order valence-corrected chi connectivity index (χ4v) is 18.2. The molecule has 14 rings (SSSR count). The molecule has 496 valence electrons. The van der Waals surface area contributed by atoms with Gasteiger partial charge in [0.05, 0.1) is 0 Å². The third-order valence-corrected chi connectivity index (χ3v) is 23.8. The maximum absolute atomic E-state index is 2.68. The minimum absolute atomic E-state index is 0.0263. The average Bonchev–Trinajstić information content (AvgIpc) is 1.60. The predicted molar refractivity (Wildman–Crippen MR) is 418 cm³/mol. The van der Waals surface area contributed by atoms with Gasteiger partial charge in [-0.05, 0) is 308 Å².